The Labute approximate surface area is 147 Å². The van der Waals surface area contributed by atoms with E-state index in [0.29, 0.717) is 30.3 Å². The summed E-state index contributed by atoms with van der Waals surface area (Å²) in [5, 5.41) is 5.03. The average Bonchev–Trinajstić information content (AvgIpc) is 2.96. The van der Waals surface area contributed by atoms with Crippen LogP contribution < -0.4 is 0 Å². The lowest BCUT2D eigenvalue weighted by atomic mass is 10.1. The van der Waals surface area contributed by atoms with Crippen molar-refractivity contribution in [2.45, 2.75) is 32.9 Å². The molecule has 0 spiro atoms. The van der Waals surface area contributed by atoms with Gasteiger partial charge >= 0.3 is 0 Å². The van der Waals surface area contributed by atoms with Gasteiger partial charge < -0.3 is 9.64 Å². The molecule has 1 aromatic carbocycles. The number of hydrogen-bond donors (Lipinski definition) is 0. The van der Waals surface area contributed by atoms with Crippen LogP contribution in [0.1, 0.15) is 41.1 Å². The summed E-state index contributed by atoms with van der Waals surface area (Å²) in [4.78, 5) is 14.7. The zero-order valence-electron chi connectivity index (χ0n) is 14.0. The van der Waals surface area contributed by atoms with E-state index in [0.717, 1.165) is 24.2 Å². The molecule has 0 bridgehead atoms. The molecule has 1 aromatic heterocycles. The number of benzene rings is 1. The van der Waals surface area contributed by atoms with Crippen molar-refractivity contribution in [2.75, 3.05) is 19.7 Å². The van der Waals surface area contributed by atoms with Gasteiger partial charge in [0.15, 0.2) is 0 Å². The summed E-state index contributed by atoms with van der Waals surface area (Å²) >= 11 is 5.94. The summed E-state index contributed by atoms with van der Waals surface area (Å²) < 4.78 is 7.73. The molecular formula is C18H22ClN3O2. The van der Waals surface area contributed by atoms with Gasteiger partial charge in [0.2, 0.25) is 0 Å². The van der Waals surface area contributed by atoms with E-state index in [2.05, 4.69) is 12.0 Å². The fourth-order valence-electron chi connectivity index (χ4n) is 2.98. The number of nitrogens with zero attached hydrogens (tertiary/aromatic N) is 3. The van der Waals surface area contributed by atoms with E-state index in [4.69, 9.17) is 16.3 Å². The Morgan fingerprint density at radius 3 is 2.83 bits per heavy atom. The molecule has 0 saturated carbocycles. The SMILES string of the molecule is CCCn1ncc(C(=O)N2CCOC(c3ccc(Cl)cc3)C2)c1C. The van der Waals surface area contributed by atoms with Crippen molar-refractivity contribution in [3.63, 3.8) is 0 Å². The van der Waals surface area contributed by atoms with Crippen LogP contribution in [0.2, 0.25) is 5.02 Å². The largest absolute Gasteiger partial charge is 0.370 e. The van der Waals surface area contributed by atoms with Crippen molar-refractivity contribution in [1.29, 1.82) is 0 Å². The fraction of sp³-hybridized carbons (Fsp3) is 0.444. The number of hydrogen-bond acceptors (Lipinski definition) is 3. The lowest BCUT2D eigenvalue weighted by molar-refractivity contribution is -0.0228. The molecule has 1 unspecified atom stereocenters. The Morgan fingerprint density at radius 2 is 2.12 bits per heavy atom. The number of amides is 1. The Hall–Kier alpha value is -1.85. The van der Waals surface area contributed by atoms with Gasteiger partial charge in [-0.2, -0.15) is 5.10 Å². The van der Waals surface area contributed by atoms with E-state index in [9.17, 15) is 4.79 Å². The maximum atomic E-state index is 12.9. The molecule has 0 N–H and O–H groups in total. The van der Waals surface area contributed by atoms with E-state index in [1.807, 2.05) is 40.8 Å². The highest BCUT2D eigenvalue weighted by Gasteiger charge is 2.28. The first-order valence-electron chi connectivity index (χ1n) is 8.29. The summed E-state index contributed by atoms with van der Waals surface area (Å²) in [6.07, 6.45) is 2.55. The van der Waals surface area contributed by atoms with Crippen LogP contribution in [0.25, 0.3) is 0 Å². The molecule has 128 valence electrons. The molecule has 2 heterocycles. The number of morpholine rings is 1. The van der Waals surface area contributed by atoms with E-state index in [1.165, 1.54) is 0 Å². The van der Waals surface area contributed by atoms with E-state index >= 15 is 0 Å². The number of aromatic nitrogens is 2. The maximum Gasteiger partial charge on any atom is 0.257 e. The van der Waals surface area contributed by atoms with Crippen molar-refractivity contribution in [3.05, 3.63) is 52.3 Å². The Bertz CT molecular complexity index is 712. The van der Waals surface area contributed by atoms with Crippen LogP contribution in [0, 0.1) is 6.92 Å². The summed E-state index contributed by atoms with van der Waals surface area (Å²) in [6.45, 7) is 6.55. The first-order valence-corrected chi connectivity index (χ1v) is 8.66. The van der Waals surface area contributed by atoms with Gasteiger partial charge in [-0.25, -0.2) is 0 Å². The van der Waals surface area contributed by atoms with Gasteiger partial charge in [0.25, 0.3) is 5.91 Å². The number of halogens is 1. The zero-order valence-corrected chi connectivity index (χ0v) is 14.8. The molecule has 1 saturated heterocycles. The summed E-state index contributed by atoms with van der Waals surface area (Å²) in [5.41, 5.74) is 2.65. The topological polar surface area (TPSA) is 47.4 Å². The number of aryl methyl sites for hydroxylation is 1. The third kappa shape index (κ3) is 3.47. The number of ether oxygens (including phenoxy) is 1. The predicted molar refractivity (Wildman–Crippen MR) is 93.3 cm³/mol. The standard InChI is InChI=1S/C18H22ClN3O2/c1-3-8-22-13(2)16(11-20-22)18(23)21-9-10-24-17(12-21)14-4-6-15(19)7-5-14/h4-7,11,17H,3,8-10,12H2,1-2H3. The van der Waals surface area contributed by atoms with Gasteiger partial charge in [0, 0.05) is 23.8 Å². The Kier molecular flexibility index (Phi) is 5.21. The van der Waals surface area contributed by atoms with Crippen molar-refractivity contribution in [3.8, 4) is 0 Å². The van der Waals surface area contributed by atoms with Gasteiger partial charge in [-0.15, -0.1) is 0 Å². The molecule has 6 heteroatoms. The summed E-state index contributed by atoms with van der Waals surface area (Å²) in [5.74, 6) is 0.0251. The van der Waals surface area contributed by atoms with Gasteiger partial charge in [0.1, 0.15) is 6.10 Å². The second-order valence-electron chi connectivity index (χ2n) is 6.03. The van der Waals surface area contributed by atoms with Crippen LogP contribution in [0.15, 0.2) is 30.5 Å². The van der Waals surface area contributed by atoms with Crippen LogP contribution in [-0.4, -0.2) is 40.3 Å². The third-order valence-electron chi connectivity index (χ3n) is 4.36. The first kappa shape index (κ1) is 17.0. The molecule has 1 fully saturated rings. The Balaban J connectivity index is 1.74. The Morgan fingerprint density at radius 1 is 1.38 bits per heavy atom. The highest BCUT2D eigenvalue weighted by atomic mass is 35.5. The lowest BCUT2D eigenvalue weighted by Gasteiger charge is -2.33. The molecule has 0 aliphatic carbocycles. The van der Waals surface area contributed by atoms with Crippen molar-refractivity contribution in [1.82, 2.24) is 14.7 Å². The molecule has 0 radical (unpaired) electrons. The van der Waals surface area contributed by atoms with Crippen LogP contribution in [0.4, 0.5) is 0 Å². The molecule has 3 rings (SSSR count). The normalized spacial score (nSPS) is 18.0. The van der Waals surface area contributed by atoms with Crippen molar-refractivity contribution in [2.24, 2.45) is 0 Å². The maximum absolute atomic E-state index is 12.9. The van der Waals surface area contributed by atoms with Gasteiger partial charge in [-0.3, -0.25) is 9.48 Å². The first-order chi connectivity index (χ1) is 11.6. The minimum atomic E-state index is -0.119. The van der Waals surface area contributed by atoms with Crippen LogP contribution in [0.5, 0.6) is 0 Å². The predicted octanol–water partition coefficient (Wildman–Crippen LogP) is 3.47. The zero-order chi connectivity index (χ0) is 17.1. The molecule has 5 nitrogen and oxygen atoms in total. The second kappa shape index (κ2) is 7.36. The van der Waals surface area contributed by atoms with Crippen LogP contribution in [0.3, 0.4) is 0 Å². The molecule has 24 heavy (non-hydrogen) atoms. The number of carbonyl (C=O) groups excluding carboxylic acids is 1. The van der Waals surface area contributed by atoms with Crippen LogP contribution in [-0.2, 0) is 11.3 Å². The highest BCUT2D eigenvalue weighted by Crippen LogP contribution is 2.25. The van der Waals surface area contributed by atoms with E-state index < -0.39 is 0 Å². The van der Waals surface area contributed by atoms with Crippen molar-refractivity contribution < 1.29 is 9.53 Å². The number of rotatable bonds is 4. The van der Waals surface area contributed by atoms with E-state index in [1.54, 1.807) is 6.20 Å². The summed E-state index contributed by atoms with van der Waals surface area (Å²) in [7, 11) is 0. The van der Waals surface area contributed by atoms with Crippen LogP contribution >= 0.6 is 11.6 Å². The number of carbonyl (C=O) groups is 1. The molecule has 1 amide bonds. The quantitative estimate of drug-likeness (QED) is 0.850. The minimum absolute atomic E-state index is 0.0251. The third-order valence-corrected chi connectivity index (χ3v) is 4.62. The second-order valence-corrected chi connectivity index (χ2v) is 6.47. The van der Waals surface area contributed by atoms with E-state index in [-0.39, 0.29) is 12.0 Å². The van der Waals surface area contributed by atoms with Gasteiger partial charge in [-0.1, -0.05) is 30.7 Å². The van der Waals surface area contributed by atoms with Gasteiger partial charge in [-0.05, 0) is 31.0 Å². The molecule has 2 aromatic rings. The molecule has 1 aliphatic rings. The molecule has 1 aliphatic heterocycles. The fourth-order valence-corrected chi connectivity index (χ4v) is 3.10. The van der Waals surface area contributed by atoms with Crippen molar-refractivity contribution >= 4 is 17.5 Å². The highest BCUT2D eigenvalue weighted by molar-refractivity contribution is 6.30. The minimum Gasteiger partial charge on any atom is -0.370 e. The average molecular weight is 348 g/mol. The van der Waals surface area contributed by atoms with Gasteiger partial charge in [0.05, 0.1) is 24.9 Å². The smallest absolute Gasteiger partial charge is 0.257 e. The molecular weight excluding hydrogens is 326 g/mol. The lowest BCUT2D eigenvalue weighted by Crippen LogP contribution is -2.42. The molecule has 1 atom stereocenters. The monoisotopic (exact) mass is 347 g/mol. The summed E-state index contributed by atoms with van der Waals surface area (Å²) in [6, 6.07) is 7.59.